The molecule has 4 rings (SSSR count). The van der Waals surface area contributed by atoms with Crippen molar-refractivity contribution < 1.29 is 14.0 Å². The quantitative estimate of drug-likeness (QED) is 0.445. The Morgan fingerprint density at radius 3 is 2.81 bits per heavy atom. The van der Waals surface area contributed by atoms with Crippen LogP contribution in [0.15, 0.2) is 47.8 Å². The number of rotatable bonds is 5. The largest absolute Gasteiger partial charge is 0.347 e. The highest BCUT2D eigenvalue weighted by Crippen LogP contribution is 2.22. The van der Waals surface area contributed by atoms with E-state index >= 15 is 0 Å². The second-order valence-corrected chi connectivity index (χ2v) is 8.03. The summed E-state index contributed by atoms with van der Waals surface area (Å²) >= 11 is 7.43. The SMILES string of the molecule is Cc1ccc(NC(=O)C(=O)NCCc2csc3nc(-c4cccc(F)c4)nn23)cc1Cl. The molecule has 2 aromatic carbocycles. The molecule has 31 heavy (non-hydrogen) atoms. The Hall–Kier alpha value is -3.30. The molecular weight excluding hydrogens is 441 g/mol. The maximum atomic E-state index is 13.5. The topological polar surface area (TPSA) is 88.4 Å². The molecule has 2 N–H and O–H groups in total. The predicted molar refractivity (Wildman–Crippen MR) is 118 cm³/mol. The number of benzene rings is 2. The minimum atomic E-state index is -0.774. The molecule has 7 nitrogen and oxygen atoms in total. The molecule has 0 atom stereocenters. The normalized spacial score (nSPS) is 10.9. The summed E-state index contributed by atoms with van der Waals surface area (Å²) in [5.74, 6) is -1.45. The van der Waals surface area contributed by atoms with E-state index in [0.29, 0.717) is 33.5 Å². The van der Waals surface area contributed by atoms with E-state index in [9.17, 15) is 14.0 Å². The molecular formula is C21H17ClFN5O2S. The van der Waals surface area contributed by atoms with E-state index < -0.39 is 11.8 Å². The first-order valence-corrected chi connectivity index (χ1v) is 10.6. The number of nitrogens with zero attached hydrogens (tertiary/aromatic N) is 3. The fraction of sp³-hybridized carbons (Fsp3) is 0.143. The Morgan fingerprint density at radius 1 is 1.19 bits per heavy atom. The van der Waals surface area contributed by atoms with Crippen LogP contribution < -0.4 is 10.6 Å². The fourth-order valence-electron chi connectivity index (χ4n) is 2.89. The molecule has 0 unspecified atom stereocenters. The van der Waals surface area contributed by atoms with Crippen LogP contribution in [0.25, 0.3) is 16.3 Å². The van der Waals surface area contributed by atoms with Gasteiger partial charge in [0.05, 0.1) is 5.69 Å². The first-order valence-electron chi connectivity index (χ1n) is 9.35. The van der Waals surface area contributed by atoms with Gasteiger partial charge >= 0.3 is 11.8 Å². The lowest BCUT2D eigenvalue weighted by Gasteiger charge is -2.07. The molecule has 0 radical (unpaired) electrons. The number of thiazole rings is 1. The number of hydrogen-bond acceptors (Lipinski definition) is 5. The number of halogens is 2. The number of aryl methyl sites for hydroxylation is 1. The third-order valence-electron chi connectivity index (χ3n) is 4.54. The highest BCUT2D eigenvalue weighted by Gasteiger charge is 2.15. The highest BCUT2D eigenvalue weighted by molar-refractivity contribution is 7.15. The summed E-state index contributed by atoms with van der Waals surface area (Å²) in [4.78, 5) is 29.2. The standard InChI is InChI=1S/C21H17ClFN5O2S/c1-12-5-6-15(10-17(12)22)25-20(30)19(29)24-8-7-16-11-31-21-26-18(27-28(16)21)13-3-2-4-14(23)9-13/h2-6,9-11H,7-8H2,1H3,(H,24,29)(H,25,30). The molecule has 0 bridgehead atoms. The van der Waals surface area contributed by atoms with Crippen molar-refractivity contribution in [2.24, 2.45) is 0 Å². The smallest absolute Gasteiger partial charge is 0.313 e. The summed E-state index contributed by atoms with van der Waals surface area (Å²) in [5, 5.41) is 11.9. The van der Waals surface area contributed by atoms with Gasteiger partial charge in [-0.2, -0.15) is 4.98 Å². The first kappa shape index (κ1) is 21.0. The Morgan fingerprint density at radius 2 is 2.03 bits per heavy atom. The van der Waals surface area contributed by atoms with Crippen LogP contribution in [0, 0.1) is 12.7 Å². The molecule has 2 aromatic heterocycles. The summed E-state index contributed by atoms with van der Waals surface area (Å²) < 4.78 is 15.1. The van der Waals surface area contributed by atoms with Crippen molar-refractivity contribution in [3.63, 3.8) is 0 Å². The number of aromatic nitrogens is 3. The number of nitrogens with one attached hydrogen (secondary N) is 2. The van der Waals surface area contributed by atoms with Crippen molar-refractivity contribution in [2.75, 3.05) is 11.9 Å². The molecule has 0 aliphatic carbocycles. The van der Waals surface area contributed by atoms with Gasteiger partial charge in [0.1, 0.15) is 5.82 Å². The summed E-state index contributed by atoms with van der Waals surface area (Å²) in [6.07, 6.45) is 0.446. The fourth-order valence-corrected chi connectivity index (χ4v) is 3.93. The van der Waals surface area contributed by atoms with Gasteiger partial charge in [-0.05, 0) is 36.8 Å². The Labute approximate surface area is 185 Å². The summed E-state index contributed by atoms with van der Waals surface area (Å²) in [6.45, 7) is 2.08. The van der Waals surface area contributed by atoms with E-state index in [1.807, 2.05) is 12.3 Å². The van der Waals surface area contributed by atoms with Gasteiger partial charge in [0.25, 0.3) is 0 Å². The van der Waals surface area contributed by atoms with E-state index in [0.717, 1.165) is 11.3 Å². The molecule has 158 valence electrons. The number of fused-ring (bicyclic) bond motifs is 1. The summed E-state index contributed by atoms with van der Waals surface area (Å²) in [5.41, 5.74) is 2.73. The maximum absolute atomic E-state index is 13.5. The van der Waals surface area contributed by atoms with E-state index in [1.54, 1.807) is 34.8 Å². The van der Waals surface area contributed by atoms with Crippen LogP contribution in [0.5, 0.6) is 0 Å². The predicted octanol–water partition coefficient (Wildman–Crippen LogP) is 3.86. The van der Waals surface area contributed by atoms with Crippen LogP contribution in [0.3, 0.4) is 0 Å². The van der Waals surface area contributed by atoms with Gasteiger partial charge in [-0.1, -0.05) is 29.8 Å². The van der Waals surface area contributed by atoms with Gasteiger partial charge in [-0.25, -0.2) is 8.91 Å². The summed E-state index contributed by atoms with van der Waals surface area (Å²) in [6, 6.07) is 11.1. The Bertz CT molecular complexity index is 1290. The van der Waals surface area contributed by atoms with Gasteiger partial charge in [0.15, 0.2) is 5.82 Å². The third kappa shape index (κ3) is 4.73. The van der Waals surface area contributed by atoms with E-state index in [2.05, 4.69) is 20.7 Å². The van der Waals surface area contributed by atoms with E-state index in [1.165, 1.54) is 23.5 Å². The van der Waals surface area contributed by atoms with Gasteiger partial charge in [-0.3, -0.25) is 9.59 Å². The molecule has 0 aliphatic rings. The zero-order chi connectivity index (χ0) is 22.0. The number of carbonyl (C=O) groups excluding carboxylic acids is 2. The van der Waals surface area contributed by atoms with Gasteiger partial charge < -0.3 is 10.6 Å². The maximum Gasteiger partial charge on any atom is 0.313 e. The van der Waals surface area contributed by atoms with Crippen LogP contribution >= 0.6 is 22.9 Å². The first-order chi connectivity index (χ1) is 14.9. The second-order valence-electron chi connectivity index (χ2n) is 6.79. The van der Waals surface area contributed by atoms with Crippen LogP contribution in [0.1, 0.15) is 11.3 Å². The van der Waals surface area contributed by atoms with Gasteiger partial charge in [-0.15, -0.1) is 16.4 Å². The van der Waals surface area contributed by atoms with Crippen molar-refractivity contribution in [2.45, 2.75) is 13.3 Å². The van der Waals surface area contributed by atoms with Gasteiger partial charge in [0.2, 0.25) is 4.96 Å². The molecule has 0 fully saturated rings. The van der Waals surface area contributed by atoms with Crippen molar-refractivity contribution in [3.05, 3.63) is 69.9 Å². The van der Waals surface area contributed by atoms with Crippen molar-refractivity contribution in [1.29, 1.82) is 0 Å². The van der Waals surface area contributed by atoms with E-state index in [4.69, 9.17) is 11.6 Å². The lowest BCUT2D eigenvalue weighted by Crippen LogP contribution is -2.36. The average Bonchev–Trinajstić information content (AvgIpc) is 3.32. The number of hydrogen-bond donors (Lipinski definition) is 2. The molecule has 4 aromatic rings. The highest BCUT2D eigenvalue weighted by atomic mass is 35.5. The number of carbonyl (C=O) groups is 2. The van der Waals surface area contributed by atoms with Crippen molar-refractivity contribution >= 4 is 45.4 Å². The minimum Gasteiger partial charge on any atom is -0.347 e. The zero-order valence-electron chi connectivity index (χ0n) is 16.4. The zero-order valence-corrected chi connectivity index (χ0v) is 17.9. The molecule has 0 saturated carbocycles. The van der Waals surface area contributed by atoms with Crippen LogP contribution in [0.4, 0.5) is 10.1 Å². The molecule has 10 heteroatoms. The van der Waals surface area contributed by atoms with Crippen LogP contribution in [-0.4, -0.2) is 33.0 Å². The summed E-state index contributed by atoms with van der Waals surface area (Å²) in [7, 11) is 0. The third-order valence-corrected chi connectivity index (χ3v) is 5.81. The van der Waals surface area contributed by atoms with Crippen molar-refractivity contribution in [1.82, 2.24) is 19.9 Å². The minimum absolute atomic E-state index is 0.238. The van der Waals surface area contributed by atoms with Crippen LogP contribution in [0.2, 0.25) is 5.02 Å². The molecule has 2 heterocycles. The van der Waals surface area contributed by atoms with Crippen molar-refractivity contribution in [3.8, 4) is 11.4 Å². The number of anilines is 1. The molecule has 2 amide bonds. The second kappa shape index (κ2) is 8.83. The average molecular weight is 458 g/mol. The van der Waals surface area contributed by atoms with Crippen LogP contribution in [-0.2, 0) is 16.0 Å². The van der Waals surface area contributed by atoms with Gasteiger partial charge in [0, 0.05) is 34.6 Å². The lowest BCUT2D eigenvalue weighted by molar-refractivity contribution is -0.136. The number of amides is 2. The Kier molecular flexibility index (Phi) is 5.97. The molecule has 0 aliphatic heterocycles. The molecule has 0 saturated heterocycles. The molecule has 0 spiro atoms. The lowest BCUT2D eigenvalue weighted by atomic mass is 10.2. The van der Waals surface area contributed by atoms with E-state index in [-0.39, 0.29) is 12.4 Å². The monoisotopic (exact) mass is 457 g/mol. The Balaban J connectivity index is 1.36.